The second-order valence-corrected chi connectivity index (χ2v) is 4.42. The summed E-state index contributed by atoms with van der Waals surface area (Å²) in [4.78, 5) is 12.2. The fourth-order valence-electron chi connectivity index (χ4n) is 1.69. The molecule has 0 aliphatic heterocycles. The summed E-state index contributed by atoms with van der Waals surface area (Å²) >= 11 is 5.85. The van der Waals surface area contributed by atoms with Gasteiger partial charge in [0.25, 0.3) is 5.91 Å². The molecule has 2 aromatic carbocycles. The van der Waals surface area contributed by atoms with E-state index < -0.39 is 11.7 Å². The number of nitrogens with two attached hydrogens (primary N) is 1. The van der Waals surface area contributed by atoms with E-state index in [1.165, 1.54) is 37.4 Å². The molecule has 0 fully saturated rings. The average molecular weight is 295 g/mol. The van der Waals surface area contributed by atoms with Crippen molar-refractivity contribution in [2.75, 3.05) is 18.2 Å². The molecule has 1 amide bonds. The molecule has 0 aliphatic rings. The third kappa shape index (κ3) is 2.83. The Kier molecular flexibility index (Phi) is 4.10. The van der Waals surface area contributed by atoms with E-state index in [4.69, 9.17) is 22.1 Å². The molecule has 0 saturated heterocycles. The molecule has 0 aromatic heterocycles. The topological polar surface area (TPSA) is 64.3 Å². The molecule has 3 N–H and O–H groups in total. The number of hydrogen-bond donors (Lipinski definition) is 2. The lowest BCUT2D eigenvalue weighted by Crippen LogP contribution is -2.14. The maximum absolute atomic E-state index is 13.6. The van der Waals surface area contributed by atoms with Gasteiger partial charge >= 0.3 is 0 Å². The van der Waals surface area contributed by atoms with Crippen LogP contribution in [0.1, 0.15) is 10.4 Å². The SMILES string of the molecule is COc1cc(N)ccc1C(=O)Nc1c(F)cccc1Cl. The van der Waals surface area contributed by atoms with E-state index in [9.17, 15) is 9.18 Å². The first-order chi connectivity index (χ1) is 9.52. The van der Waals surface area contributed by atoms with Crippen LogP contribution in [0, 0.1) is 5.82 Å². The highest BCUT2D eigenvalue weighted by Crippen LogP contribution is 2.27. The van der Waals surface area contributed by atoms with Gasteiger partial charge in [-0.15, -0.1) is 0 Å². The molecule has 104 valence electrons. The average Bonchev–Trinajstić information content (AvgIpc) is 2.42. The first kappa shape index (κ1) is 14.1. The van der Waals surface area contributed by atoms with Gasteiger partial charge in [-0.3, -0.25) is 4.79 Å². The van der Waals surface area contributed by atoms with Crippen LogP contribution in [-0.4, -0.2) is 13.0 Å². The van der Waals surface area contributed by atoms with Crippen LogP contribution < -0.4 is 15.8 Å². The Labute approximate surface area is 120 Å². The third-order valence-corrected chi connectivity index (χ3v) is 2.99. The van der Waals surface area contributed by atoms with E-state index in [0.717, 1.165) is 0 Å². The van der Waals surface area contributed by atoms with E-state index >= 15 is 0 Å². The number of rotatable bonds is 3. The molecule has 2 rings (SSSR count). The third-order valence-electron chi connectivity index (χ3n) is 2.67. The zero-order chi connectivity index (χ0) is 14.7. The summed E-state index contributed by atoms with van der Waals surface area (Å²) in [7, 11) is 1.42. The van der Waals surface area contributed by atoms with Crippen molar-refractivity contribution in [2.24, 2.45) is 0 Å². The highest BCUT2D eigenvalue weighted by atomic mass is 35.5. The summed E-state index contributed by atoms with van der Waals surface area (Å²) in [6.45, 7) is 0. The predicted molar refractivity (Wildman–Crippen MR) is 76.8 cm³/mol. The Morgan fingerprint density at radius 2 is 2.10 bits per heavy atom. The van der Waals surface area contributed by atoms with Gasteiger partial charge in [-0.2, -0.15) is 0 Å². The highest BCUT2D eigenvalue weighted by molar-refractivity contribution is 6.34. The van der Waals surface area contributed by atoms with Crippen LogP contribution in [0.3, 0.4) is 0 Å². The zero-order valence-electron chi connectivity index (χ0n) is 10.6. The number of benzene rings is 2. The van der Waals surface area contributed by atoms with Crippen molar-refractivity contribution in [3.8, 4) is 5.75 Å². The molecule has 0 atom stereocenters. The van der Waals surface area contributed by atoms with E-state index in [2.05, 4.69) is 5.32 Å². The monoisotopic (exact) mass is 294 g/mol. The van der Waals surface area contributed by atoms with Gasteiger partial charge in [0.05, 0.1) is 23.4 Å². The first-order valence-electron chi connectivity index (χ1n) is 5.72. The van der Waals surface area contributed by atoms with E-state index in [1.54, 1.807) is 6.07 Å². The van der Waals surface area contributed by atoms with Crippen LogP contribution >= 0.6 is 11.6 Å². The molecule has 4 nitrogen and oxygen atoms in total. The second-order valence-electron chi connectivity index (χ2n) is 4.01. The van der Waals surface area contributed by atoms with Crippen molar-refractivity contribution in [2.45, 2.75) is 0 Å². The standard InChI is InChI=1S/C14H12ClFN2O2/c1-20-12-7-8(17)5-6-9(12)14(19)18-13-10(15)3-2-4-11(13)16/h2-7H,17H2,1H3,(H,18,19). The van der Waals surface area contributed by atoms with Crippen LogP contribution in [-0.2, 0) is 0 Å². The summed E-state index contributed by atoms with van der Waals surface area (Å²) in [5.41, 5.74) is 6.24. The Hall–Kier alpha value is -2.27. The molecule has 20 heavy (non-hydrogen) atoms. The van der Waals surface area contributed by atoms with Crippen molar-refractivity contribution in [1.82, 2.24) is 0 Å². The fraction of sp³-hybridized carbons (Fsp3) is 0.0714. The van der Waals surface area contributed by atoms with Gasteiger partial charge in [0.2, 0.25) is 0 Å². The van der Waals surface area contributed by atoms with Crippen molar-refractivity contribution in [3.05, 3.63) is 52.8 Å². The number of ether oxygens (including phenoxy) is 1. The van der Waals surface area contributed by atoms with Gasteiger partial charge in [0, 0.05) is 11.8 Å². The summed E-state index contributed by atoms with van der Waals surface area (Å²) in [5, 5.41) is 2.54. The molecule has 0 heterocycles. The van der Waals surface area contributed by atoms with Crippen LogP contribution in [0.5, 0.6) is 5.75 Å². The van der Waals surface area contributed by atoms with Crippen molar-refractivity contribution in [3.63, 3.8) is 0 Å². The molecule has 0 spiro atoms. The number of methoxy groups -OCH3 is 1. The number of carbonyl (C=O) groups excluding carboxylic acids is 1. The van der Waals surface area contributed by atoms with Gasteiger partial charge in [-0.25, -0.2) is 4.39 Å². The minimum absolute atomic E-state index is 0.0713. The Balaban J connectivity index is 2.33. The van der Waals surface area contributed by atoms with Crippen LogP contribution in [0.25, 0.3) is 0 Å². The van der Waals surface area contributed by atoms with Crippen molar-refractivity contribution < 1.29 is 13.9 Å². The molecule has 0 radical (unpaired) electrons. The number of nitrogen functional groups attached to an aromatic ring is 1. The number of para-hydroxylation sites is 1. The lowest BCUT2D eigenvalue weighted by molar-refractivity contribution is 0.102. The van der Waals surface area contributed by atoms with Gasteiger partial charge in [0.15, 0.2) is 0 Å². The van der Waals surface area contributed by atoms with E-state index in [-0.39, 0.29) is 16.3 Å². The normalized spacial score (nSPS) is 10.2. The molecule has 2 aromatic rings. The minimum Gasteiger partial charge on any atom is -0.496 e. The van der Waals surface area contributed by atoms with Gasteiger partial charge in [-0.1, -0.05) is 17.7 Å². The number of anilines is 2. The fourth-order valence-corrected chi connectivity index (χ4v) is 1.90. The Morgan fingerprint density at radius 3 is 2.75 bits per heavy atom. The van der Waals surface area contributed by atoms with E-state index in [0.29, 0.717) is 11.4 Å². The first-order valence-corrected chi connectivity index (χ1v) is 6.09. The number of amides is 1. The van der Waals surface area contributed by atoms with Crippen LogP contribution in [0.15, 0.2) is 36.4 Å². The van der Waals surface area contributed by atoms with Crippen molar-refractivity contribution in [1.29, 1.82) is 0 Å². The largest absolute Gasteiger partial charge is 0.496 e. The smallest absolute Gasteiger partial charge is 0.259 e. The summed E-state index contributed by atoms with van der Waals surface area (Å²) in [5.74, 6) is -0.843. The minimum atomic E-state index is -0.611. The predicted octanol–water partition coefficient (Wildman–Crippen LogP) is 3.32. The van der Waals surface area contributed by atoms with E-state index in [1.807, 2.05) is 0 Å². The summed E-state index contributed by atoms with van der Waals surface area (Å²) < 4.78 is 18.7. The number of hydrogen-bond acceptors (Lipinski definition) is 3. The molecule has 0 aliphatic carbocycles. The van der Waals surface area contributed by atoms with Crippen LogP contribution in [0.2, 0.25) is 5.02 Å². The zero-order valence-corrected chi connectivity index (χ0v) is 11.4. The van der Waals surface area contributed by atoms with Gasteiger partial charge in [-0.05, 0) is 24.3 Å². The maximum atomic E-state index is 13.6. The number of carbonyl (C=O) groups is 1. The second kappa shape index (κ2) is 5.79. The molecule has 0 saturated carbocycles. The summed E-state index contributed by atoms with van der Waals surface area (Å²) in [6, 6.07) is 8.72. The molecule has 0 unspecified atom stereocenters. The molecule has 0 bridgehead atoms. The molecular formula is C14H12ClFN2O2. The number of halogens is 2. The summed E-state index contributed by atoms with van der Waals surface area (Å²) in [6.07, 6.45) is 0. The van der Waals surface area contributed by atoms with Crippen molar-refractivity contribution >= 4 is 28.9 Å². The quantitative estimate of drug-likeness (QED) is 0.854. The lowest BCUT2D eigenvalue weighted by Gasteiger charge is -2.11. The van der Waals surface area contributed by atoms with Gasteiger partial charge in [0.1, 0.15) is 11.6 Å². The maximum Gasteiger partial charge on any atom is 0.259 e. The highest BCUT2D eigenvalue weighted by Gasteiger charge is 2.16. The molecular weight excluding hydrogens is 283 g/mol. The molecule has 6 heteroatoms. The number of nitrogens with one attached hydrogen (secondary N) is 1. The Bertz CT molecular complexity index is 641. The lowest BCUT2D eigenvalue weighted by atomic mass is 10.1. The van der Waals surface area contributed by atoms with Gasteiger partial charge < -0.3 is 15.8 Å². The Morgan fingerprint density at radius 1 is 1.35 bits per heavy atom. The van der Waals surface area contributed by atoms with Crippen LogP contribution in [0.4, 0.5) is 15.8 Å².